The zero-order chi connectivity index (χ0) is 26.8. The lowest BCUT2D eigenvalue weighted by Crippen LogP contribution is -2.58. The fourth-order valence-electron chi connectivity index (χ4n) is 4.74. The molecule has 0 saturated carbocycles. The number of aromatic nitrogens is 5. The first-order chi connectivity index (χ1) is 18.4. The number of alkyl halides is 2. The smallest absolute Gasteiger partial charge is 0.259 e. The van der Waals surface area contributed by atoms with Crippen molar-refractivity contribution >= 4 is 16.9 Å². The van der Waals surface area contributed by atoms with E-state index in [0.29, 0.717) is 24.4 Å². The lowest BCUT2D eigenvalue weighted by molar-refractivity contribution is -0.0184. The summed E-state index contributed by atoms with van der Waals surface area (Å²) in [5.74, 6) is -1.74. The highest BCUT2D eigenvalue weighted by Gasteiger charge is 2.38. The molecule has 10 nitrogen and oxygen atoms in total. The van der Waals surface area contributed by atoms with Crippen molar-refractivity contribution in [1.29, 1.82) is 5.26 Å². The van der Waals surface area contributed by atoms with Crippen molar-refractivity contribution in [3.8, 4) is 17.3 Å². The summed E-state index contributed by atoms with van der Waals surface area (Å²) >= 11 is 0. The number of hydrogen-bond acceptors (Lipinski definition) is 7. The van der Waals surface area contributed by atoms with Gasteiger partial charge in [0, 0.05) is 56.1 Å². The first-order valence-electron chi connectivity index (χ1n) is 11.9. The highest BCUT2D eigenvalue weighted by atomic mass is 19.3. The molecular weight excluding hydrogens is 499 g/mol. The van der Waals surface area contributed by atoms with Crippen molar-refractivity contribution < 1.29 is 18.0 Å². The maximum Gasteiger partial charge on any atom is 0.259 e. The number of fused-ring (bicyclic) bond motifs is 1. The number of nitrogens with two attached hydrogens (primary N) is 1. The van der Waals surface area contributed by atoms with Crippen LogP contribution < -0.4 is 5.73 Å². The number of benzene rings is 1. The third kappa shape index (κ3) is 4.83. The van der Waals surface area contributed by atoms with Gasteiger partial charge in [0.25, 0.3) is 12.3 Å². The number of nitriles is 1. The summed E-state index contributed by atoms with van der Waals surface area (Å²) in [6.07, 6.45) is 3.88. The van der Waals surface area contributed by atoms with Crippen LogP contribution in [-0.4, -0.2) is 85.6 Å². The average molecular weight is 524 g/mol. The largest absolute Gasteiger partial charge is 0.346 e. The van der Waals surface area contributed by atoms with Crippen molar-refractivity contribution in [3.05, 3.63) is 66.1 Å². The molecule has 196 valence electrons. The molecule has 1 fully saturated rings. The van der Waals surface area contributed by atoms with Gasteiger partial charge in [-0.1, -0.05) is 0 Å². The molecule has 4 aromatic rings. The molecular formula is C25H24F3N9O. The van der Waals surface area contributed by atoms with Crippen LogP contribution in [0.1, 0.15) is 22.0 Å². The Bertz CT molecular complexity index is 1490. The van der Waals surface area contributed by atoms with Gasteiger partial charge in [0.1, 0.15) is 23.8 Å². The molecule has 5 rings (SSSR count). The minimum Gasteiger partial charge on any atom is -0.346 e. The summed E-state index contributed by atoms with van der Waals surface area (Å²) in [4.78, 5) is 27.4. The van der Waals surface area contributed by atoms with Crippen molar-refractivity contribution in [3.63, 3.8) is 0 Å². The van der Waals surface area contributed by atoms with Crippen molar-refractivity contribution in [2.75, 3.05) is 32.7 Å². The lowest BCUT2D eigenvalue weighted by Gasteiger charge is -2.42. The molecule has 38 heavy (non-hydrogen) atoms. The van der Waals surface area contributed by atoms with Crippen LogP contribution in [0.2, 0.25) is 0 Å². The molecule has 3 N–H and O–H groups in total. The molecule has 1 aliphatic rings. The van der Waals surface area contributed by atoms with Gasteiger partial charge in [0.05, 0.1) is 35.1 Å². The number of amides is 1. The van der Waals surface area contributed by atoms with Crippen LogP contribution in [0.15, 0.2) is 49.2 Å². The molecule has 1 aromatic carbocycles. The number of H-pyrrole nitrogens is 1. The quantitative estimate of drug-likeness (QED) is 0.380. The van der Waals surface area contributed by atoms with Crippen LogP contribution in [0.3, 0.4) is 0 Å². The Morgan fingerprint density at radius 3 is 2.84 bits per heavy atom. The fraction of sp³-hybridized carbons (Fsp3) is 0.320. The molecule has 2 unspecified atom stereocenters. The van der Waals surface area contributed by atoms with Gasteiger partial charge in [-0.25, -0.2) is 23.1 Å². The third-order valence-corrected chi connectivity index (χ3v) is 6.73. The van der Waals surface area contributed by atoms with Crippen LogP contribution in [0.5, 0.6) is 0 Å². The van der Waals surface area contributed by atoms with Gasteiger partial charge in [-0.05, 0) is 24.3 Å². The van der Waals surface area contributed by atoms with Gasteiger partial charge in [-0.15, -0.1) is 0 Å². The second-order valence-corrected chi connectivity index (χ2v) is 9.03. The maximum absolute atomic E-state index is 14.4. The standard InChI is InChI=1S/C25H24F3N9O/c26-20-7-15(8-29)1-2-18(20)25(38)36-6-5-35(13-21(36)23(27)28)12-17(9-30)37-11-16(10-34-37)22-19-3-4-31-24(19)33-14-32-22/h1-4,7,10-11,14,17,21,23H,5-6,9,12-13,30H2,(H,31,32,33). The number of piperazine rings is 1. The van der Waals surface area contributed by atoms with Gasteiger partial charge in [-0.3, -0.25) is 14.4 Å². The normalized spacial score (nSPS) is 17.2. The third-order valence-electron chi connectivity index (χ3n) is 6.73. The van der Waals surface area contributed by atoms with Crippen LogP contribution in [-0.2, 0) is 0 Å². The van der Waals surface area contributed by atoms with Crippen LogP contribution in [0.4, 0.5) is 13.2 Å². The highest BCUT2D eigenvalue weighted by Crippen LogP contribution is 2.26. The van der Waals surface area contributed by atoms with Gasteiger partial charge < -0.3 is 15.6 Å². The van der Waals surface area contributed by atoms with Gasteiger partial charge in [-0.2, -0.15) is 10.4 Å². The van der Waals surface area contributed by atoms with E-state index in [0.717, 1.165) is 28.0 Å². The predicted octanol–water partition coefficient (Wildman–Crippen LogP) is 2.42. The van der Waals surface area contributed by atoms with Crippen molar-refractivity contribution in [2.24, 2.45) is 5.73 Å². The molecule has 3 aromatic heterocycles. The number of aromatic amines is 1. The molecule has 0 aliphatic carbocycles. The Balaban J connectivity index is 1.30. The predicted molar refractivity (Wildman–Crippen MR) is 132 cm³/mol. The van der Waals surface area contributed by atoms with E-state index in [1.165, 1.54) is 12.4 Å². The first kappa shape index (κ1) is 25.4. The maximum atomic E-state index is 14.4. The lowest BCUT2D eigenvalue weighted by atomic mass is 10.1. The van der Waals surface area contributed by atoms with Crippen LogP contribution >= 0.6 is 0 Å². The van der Waals surface area contributed by atoms with Gasteiger partial charge in [0.15, 0.2) is 0 Å². The molecule has 1 amide bonds. The first-order valence-corrected chi connectivity index (χ1v) is 11.9. The van der Waals surface area contributed by atoms with Crippen LogP contribution in [0, 0.1) is 17.1 Å². The summed E-state index contributed by atoms with van der Waals surface area (Å²) in [6, 6.07) is 5.28. The Labute approximate surface area is 215 Å². The van der Waals surface area contributed by atoms with Crippen molar-refractivity contribution in [1.82, 2.24) is 34.5 Å². The molecule has 4 heterocycles. The van der Waals surface area contributed by atoms with E-state index in [4.69, 9.17) is 11.0 Å². The number of halogens is 3. The van der Waals surface area contributed by atoms with E-state index in [2.05, 4.69) is 20.1 Å². The topological polar surface area (TPSA) is 133 Å². The highest BCUT2D eigenvalue weighted by molar-refractivity contribution is 5.95. The molecule has 1 aliphatic heterocycles. The summed E-state index contributed by atoms with van der Waals surface area (Å²) in [6.45, 7) is 0.716. The zero-order valence-electron chi connectivity index (χ0n) is 20.1. The van der Waals surface area contributed by atoms with E-state index < -0.39 is 24.2 Å². The number of hydrogen-bond donors (Lipinski definition) is 2. The van der Waals surface area contributed by atoms with E-state index in [-0.39, 0.29) is 36.8 Å². The Morgan fingerprint density at radius 1 is 1.26 bits per heavy atom. The summed E-state index contributed by atoms with van der Waals surface area (Å²) in [7, 11) is 0. The summed E-state index contributed by atoms with van der Waals surface area (Å²) < 4.78 is 44.2. The number of nitrogens with zero attached hydrogens (tertiary/aromatic N) is 7. The second-order valence-electron chi connectivity index (χ2n) is 9.03. The molecule has 0 radical (unpaired) electrons. The molecule has 0 spiro atoms. The van der Waals surface area contributed by atoms with Crippen LogP contribution in [0.25, 0.3) is 22.3 Å². The number of nitrogens with one attached hydrogen (secondary N) is 1. The van der Waals surface area contributed by atoms with Gasteiger partial charge >= 0.3 is 0 Å². The molecule has 13 heteroatoms. The average Bonchev–Trinajstić information content (AvgIpc) is 3.61. The van der Waals surface area contributed by atoms with E-state index in [1.54, 1.807) is 23.1 Å². The number of carbonyl (C=O) groups excluding carboxylic acids is 1. The van der Waals surface area contributed by atoms with E-state index >= 15 is 0 Å². The monoisotopic (exact) mass is 523 g/mol. The molecule has 0 bridgehead atoms. The number of rotatable bonds is 7. The molecule has 1 saturated heterocycles. The van der Waals surface area contributed by atoms with E-state index in [9.17, 15) is 18.0 Å². The molecule has 2 atom stereocenters. The minimum atomic E-state index is -2.84. The van der Waals surface area contributed by atoms with Crippen molar-refractivity contribution in [2.45, 2.75) is 18.5 Å². The summed E-state index contributed by atoms with van der Waals surface area (Å²) in [5.41, 5.74) is 7.91. The van der Waals surface area contributed by atoms with Gasteiger partial charge in [0.2, 0.25) is 0 Å². The number of carbonyl (C=O) groups is 1. The zero-order valence-corrected chi connectivity index (χ0v) is 20.1. The Morgan fingerprint density at radius 2 is 2.11 bits per heavy atom. The SMILES string of the molecule is N#Cc1ccc(C(=O)N2CCN(CC(CN)n3cc(-c4ncnc5[nH]ccc45)cn3)CC2C(F)F)c(F)c1. The Hall–Kier alpha value is -4.28. The summed E-state index contributed by atoms with van der Waals surface area (Å²) in [5, 5.41) is 14.2. The second kappa shape index (κ2) is 10.6. The fourth-order valence-corrected chi connectivity index (χ4v) is 4.74. The Kier molecular flexibility index (Phi) is 7.08. The van der Waals surface area contributed by atoms with E-state index in [1.807, 2.05) is 17.2 Å². The minimum absolute atomic E-state index is 0.0126.